The molecule has 1 aromatic carbocycles. The summed E-state index contributed by atoms with van der Waals surface area (Å²) in [6.45, 7) is 0.699. The second kappa shape index (κ2) is 5.81. The van der Waals surface area contributed by atoms with E-state index in [0.29, 0.717) is 12.5 Å². The number of rotatable bonds is 5. The molecule has 0 unspecified atom stereocenters. The molecule has 142 valence electrons. The van der Waals surface area contributed by atoms with E-state index in [1.54, 1.807) is 0 Å². The monoisotopic (exact) mass is 367 g/mol. The molecule has 6 heteroatoms. The van der Waals surface area contributed by atoms with Gasteiger partial charge in [-0.1, -0.05) is 43.5 Å². The van der Waals surface area contributed by atoms with E-state index in [2.05, 4.69) is 10.6 Å². The average Bonchev–Trinajstić information content (AvgIpc) is 3.53. The van der Waals surface area contributed by atoms with E-state index in [9.17, 15) is 14.4 Å². The lowest BCUT2D eigenvalue weighted by Gasteiger charge is -2.30. The molecule has 1 spiro atoms. The van der Waals surface area contributed by atoms with Crippen molar-refractivity contribution in [2.24, 2.45) is 11.3 Å². The van der Waals surface area contributed by atoms with Crippen molar-refractivity contribution in [1.29, 1.82) is 0 Å². The maximum Gasteiger partial charge on any atom is 0.325 e. The predicted molar refractivity (Wildman–Crippen MR) is 98.3 cm³/mol. The van der Waals surface area contributed by atoms with Crippen LogP contribution in [0.1, 0.15) is 56.1 Å². The number of benzene rings is 1. The van der Waals surface area contributed by atoms with Gasteiger partial charge in [-0.15, -0.1) is 0 Å². The normalized spacial score (nSPS) is 30.1. The quantitative estimate of drug-likeness (QED) is 0.785. The fourth-order valence-corrected chi connectivity index (χ4v) is 4.79. The molecule has 1 aromatic rings. The number of nitrogens with zero attached hydrogens (tertiary/aromatic N) is 1. The highest BCUT2D eigenvalue weighted by Gasteiger charge is 2.74. The van der Waals surface area contributed by atoms with Crippen LogP contribution in [0.5, 0.6) is 0 Å². The number of urea groups is 1. The number of amides is 4. The molecule has 0 atom stereocenters. The van der Waals surface area contributed by atoms with Crippen LogP contribution in [0.15, 0.2) is 24.3 Å². The minimum Gasteiger partial charge on any atom is -0.352 e. The van der Waals surface area contributed by atoms with E-state index in [4.69, 9.17) is 0 Å². The number of carbonyl (C=O) groups is 3. The van der Waals surface area contributed by atoms with Crippen molar-refractivity contribution < 1.29 is 14.4 Å². The van der Waals surface area contributed by atoms with Gasteiger partial charge in [0.15, 0.2) is 0 Å². The maximum atomic E-state index is 13.0. The summed E-state index contributed by atoms with van der Waals surface area (Å²) in [5, 5.41) is 6.01. The molecule has 4 aliphatic rings. The van der Waals surface area contributed by atoms with Gasteiger partial charge in [-0.2, -0.15) is 0 Å². The molecule has 0 radical (unpaired) electrons. The van der Waals surface area contributed by atoms with Crippen LogP contribution in [-0.4, -0.2) is 28.3 Å². The standard InChI is InChI=1S/C21H25N3O3/c25-17(20-10-16(20)11-20)22-12-14-6-2-3-7-15(14)13-24-18(26)21(23-19(24)27)8-4-1-5-9-21/h2-3,6-7,16H,1,4-5,8-13H2,(H,22,25)(H,23,27). The second-order valence-electron chi connectivity index (χ2n) is 8.68. The fraction of sp³-hybridized carbons (Fsp3) is 0.571. The number of hydrogen-bond acceptors (Lipinski definition) is 3. The highest BCUT2D eigenvalue weighted by Crippen LogP contribution is 2.75. The second-order valence-corrected chi connectivity index (χ2v) is 8.68. The smallest absolute Gasteiger partial charge is 0.325 e. The zero-order valence-electron chi connectivity index (χ0n) is 15.4. The summed E-state index contributed by atoms with van der Waals surface area (Å²) < 4.78 is 0. The molecule has 1 aliphatic heterocycles. The van der Waals surface area contributed by atoms with Gasteiger partial charge in [0, 0.05) is 6.54 Å². The van der Waals surface area contributed by atoms with Crippen molar-refractivity contribution in [3.63, 3.8) is 0 Å². The van der Waals surface area contributed by atoms with Crippen molar-refractivity contribution >= 4 is 17.8 Å². The molecule has 1 saturated heterocycles. The Kier molecular flexibility index (Phi) is 3.61. The molecule has 0 aromatic heterocycles. The van der Waals surface area contributed by atoms with Crippen molar-refractivity contribution in [2.45, 2.75) is 63.6 Å². The molecule has 3 aliphatic carbocycles. The predicted octanol–water partition coefficient (Wildman–Crippen LogP) is 2.47. The van der Waals surface area contributed by atoms with Crippen LogP contribution in [0, 0.1) is 11.3 Å². The number of carbonyl (C=O) groups excluding carboxylic acids is 3. The summed E-state index contributed by atoms with van der Waals surface area (Å²) in [6, 6.07) is 7.43. The Balaban J connectivity index is 1.29. The van der Waals surface area contributed by atoms with Crippen LogP contribution in [-0.2, 0) is 22.7 Å². The number of hydrogen-bond donors (Lipinski definition) is 2. The highest BCUT2D eigenvalue weighted by atomic mass is 16.2. The molecule has 5 rings (SSSR count). The minimum absolute atomic E-state index is 0.0485. The summed E-state index contributed by atoms with van der Waals surface area (Å²) in [4.78, 5) is 39.1. The Morgan fingerprint density at radius 2 is 1.78 bits per heavy atom. The van der Waals surface area contributed by atoms with Gasteiger partial charge in [0.2, 0.25) is 5.91 Å². The van der Waals surface area contributed by atoms with Crippen molar-refractivity contribution in [1.82, 2.24) is 15.5 Å². The molecule has 3 saturated carbocycles. The van der Waals surface area contributed by atoms with Gasteiger partial charge in [-0.05, 0) is 42.7 Å². The summed E-state index contributed by atoms with van der Waals surface area (Å²) in [5.41, 5.74) is 1.14. The Bertz CT molecular complexity index is 822. The van der Waals surface area contributed by atoms with Gasteiger partial charge >= 0.3 is 6.03 Å². The Morgan fingerprint density at radius 3 is 2.44 bits per heavy atom. The van der Waals surface area contributed by atoms with Gasteiger partial charge < -0.3 is 10.6 Å². The van der Waals surface area contributed by atoms with E-state index in [1.807, 2.05) is 24.3 Å². The van der Waals surface area contributed by atoms with Crippen molar-refractivity contribution in [3.8, 4) is 0 Å². The topological polar surface area (TPSA) is 78.5 Å². The zero-order valence-corrected chi connectivity index (χ0v) is 15.4. The first kappa shape index (κ1) is 16.8. The van der Waals surface area contributed by atoms with Crippen LogP contribution in [0.2, 0.25) is 0 Å². The maximum absolute atomic E-state index is 13.0. The third kappa shape index (κ3) is 2.65. The largest absolute Gasteiger partial charge is 0.352 e. The van der Waals surface area contributed by atoms with E-state index >= 15 is 0 Å². The molecule has 2 N–H and O–H groups in total. The lowest BCUT2D eigenvalue weighted by molar-refractivity contribution is -0.132. The summed E-state index contributed by atoms with van der Waals surface area (Å²) in [6.07, 6.45) is 6.60. The Hall–Kier alpha value is -2.37. The summed E-state index contributed by atoms with van der Waals surface area (Å²) >= 11 is 0. The third-order valence-electron chi connectivity index (χ3n) is 6.97. The van der Waals surface area contributed by atoms with Gasteiger partial charge in [0.05, 0.1) is 12.0 Å². The molecule has 27 heavy (non-hydrogen) atoms. The van der Waals surface area contributed by atoms with Crippen LogP contribution in [0.25, 0.3) is 0 Å². The first-order chi connectivity index (χ1) is 13.0. The zero-order chi connectivity index (χ0) is 18.6. The van der Waals surface area contributed by atoms with E-state index < -0.39 is 5.54 Å². The van der Waals surface area contributed by atoms with Gasteiger partial charge in [-0.3, -0.25) is 14.5 Å². The van der Waals surface area contributed by atoms with Crippen LogP contribution < -0.4 is 10.6 Å². The number of imide groups is 1. The minimum atomic E-state index is -0.690. The van der Waals surface area contributed by atoms with Gasteiger partial charge in [0.25, 0.3) is 5.91 Å². The highest BCUT2D eigenvalue weighted by molar-refractivity contribution is 6.07. The Labute approximate surface area is 158 Å². The molecule has 6 nitrogen and oxygen atoms in total. The number of nitrogens with one attached hydrogen (secondary N) is 2. The molecular weight excluding hydrogens is 342 g/mol. The third-order valence-corrected chi connectivity index (χ3v) is 6.97. The molecule has 4 fully saturated rings. The van der Waals surface area contributed by atoms with E-state index in [1.165, 1.54) is 4.90 Å². The van der Waals surface area contributed by atoms with Crippen molar-refractivity contribution in [2.75, 3.05) is 0 Å². The van der Waals surface area contributed by atoms with Crippen LogP contribution >= 0.6 is 0 Å². The molecular formula is C21H25N3O3. The SMILES string of the molecule is O=C1NC2(CCCCC2)C(=O)N1Cc1ccccc1CNC(=O)C12CC1C2. The van der Waals surface area contributed by atoms with Gasteiger partial charge in [0.1, 0.15) is 5.54 Å². The molecule has 1 heterocycles. The van der Waals surface area contributed by atoms with E-state index in [0.717, 1.165) is 56.1 Å². The summed E-state index contributed by atoms with van der Waals surface area (Å²) in [5.74, 6) is 0.674. The Morgan fingerprint density at radius 1 is 1.11 bits per heavy atom. The lowest BCUT2D eigenvalue weighted by Crippen LogP contribution is -2.48. The molecule has 0 bridgehead atoms. The van der Waals surface area contributed by atoms with Crippen LogP contribution in [0.3, 0.4) is 0 Å². The molecule has 4 amide bonds. The summed E-state index contributed by atoms with van der Waals surface area (Å²) in [7, 11) is 0. The first-order valence-corrected chi connectivity index (χ1v) is 10.0. The van der Waals surface area contributed by atoms with Crippen molar-refractivity contribution in [3.05, 3.63) is 35.4 Å². The van der Waals surface area contributed by atoms with E-state index in [-0.39, 0.29) is 29.8 Å². The van der Waals surface area contributed by atoms with Gasteiger partial charge in [-0.25, -0.2) is 4.79 Å². The first-order valence-electron chi connectivity index (χ1n) is 10.0. The average molecular weight is 367 g/mol. The fourth-order valence-electron chi connectivity index (χ4n) is 4.79. The number of fused-ring (bicyclic) bond motifs is 1. The lowest BCUT2D eigenvalue weighted by atomic mass is 9.81. The van der Waals surface area contributed by atoms with Crippen LogP contribution in [0.4, 0.5) is 4.79 Å².